The van der Waals surface area contributed by atoms with Crippen LogP contribution in [0.15, 0.2) is 17.5 Å². The number of nitrogens with zero attached hydrogens (tertiary/aromatic N) is 1. The molecule has 1 aromatic rings. The molecule has 0 saturated carbocycles. The van der Waals surface area contributed by atoms with Crippen molar-refractivity contribution in [2.45, 2.75) is 19.3 Å². The third-order valence-corrected chi connectivity index (χ3v) is 5.16. The van der Waals surface area contributed by atoms with Gasteiger partial charge in [0.25, 0.3) is 0 Å². The number of likely N-dealkylation sites (tertiary alicyclic amines) is 1. The Hall–Kier alpha value is -1.15. The highest BCUT2D eigenvalue weighted by molar-refractivity contribution is 7.09. The van der Waals surface area contributed by atoms with Crippen molar-refractivity contribution in [2.75, 3.05) is 46.4 Å². The molecule has 8 heteroatoms. The number of thiophene rings is 1. The number of rotatable bonds is 9. The van der Waals surface area contributed by atoms with E-state index in [9.17, 15) is 9.59 Å². The van der Waals surface area contributed by atoms with Crippen molar-refractivity contribution < 1.29 is 14.3 Å². The molecule has 2 heterocycles. The number of carbonyl (C=O) groups excluding carboxylic acids is 2. The van der Waals surface area contributed by atoms with Crippen molar-refractivity contribution in [3.63, 3.8) is 0 Å². The lowest BCUT2D eigenvalue weighted by Crippen LogP contribution is -2.46. The Kier molecular flexibility index (Phi) is 10.7. The summed E-state index contributed by atoms with van der Waals surface area (Å²) in [6.07, 6.45) is 2.37. The predicted octanol–water partition coefficient (Wildman–Crippen LogP) is 1.30. The Balaban J connectivity index is 0.00000312. The zero-order valence-electron chi connectivity index (χ0n) is 14.7. The number of halogens is 1. The third-order valence-electron chi connectivity index (χ3n) is 4.23. The van der Waals surface area contributed by atoms with Gasteiger partial charge in [0, 0.05) is 44.1 Å². The predicted molar refractivity (Wildman–Crippen MR) is 102 cm³/mol. The van der Waals surface area contributed by atoms with Crippen LogP contribution in [-0.4, -0.2) is 63.2 Å². The zero-order chi connectivity index (χ0) is 17.2. The van der Waals surface area contributed by atoms with E-state index in [1.165, 1.54) is 4.88 Å². The smallest absolute Gasteiger partial charge is 0.236 e. The monoisotopic (exact) mass is 389 g/mol. The molecule has 0 spiro atoms. The number of piperidine rings is 1. The van der Waals surface area contributed by atoms with Crippen LogP contribution >= 0.6 is 23.7 Å². The lowest BCUT2D eigenvalue weighted by Gasteiger charge is -2.31. The number of nitrogens with one attached hydrogen (secondary N) is 2. The van der Waals surface area contributed by atoms with Gasteiger partial charge < -0.3 is 20.3 Å². The molecule has 2 amide bonds. The third kappa shape index (κ3) is 7.73. The normalized spacial score (nSPS) is 14.8. The van der Waals surface area contributed by atoms with Crippen LogP contribution in [-0.2, 0) is 20.7 Å². The molecule has 2 rings (SSSR count). The van der Waals surface area contributed by atoms with Crippen LogP contribution in [0.2, 0.25) is 0 Å². The molecule has 1 fully saturated rings. The molecule has 6 nitrogen and oxygen atoms in total. The van der Waals surface area contributed by atoms with Gasteiger partial charge in [-0.25, -0.2) is 0 Å². The van der Waals surface area contributed by atoms with Crippen molar-refractivity contribution >= 4 is 35.6 Å². The maximum absolute atomic E-state index is 12.2. The summed E-state index contributed by atoms with van der Waals surface area (Å²) >= 11 is 1.71. The fourth-order valence-electron chi connectivity index (χ4n) is 2.78. The lowest BCUT2D eigenvalue weighted by molar-refractivity contribution is -0.134. The highest BCUT2D eigenvalue weighted by Gasteiger charge is 2.26. The summed E-state index contributed by atoms with van der Waals surface area (Å²) in [7, 11) is 1.64. The number of hydrogen-bond donors (Lipinski definition) is 2. The zero-order valence-corrected chi connectivity index (χ0v) is 16.3. The maximum Gasteiger partial charge on any atom is 0.236 e. The molecule has 0 aliphatic carbocycles. The summed E-state index contributed by atoms with van der Waals surface area (Å²) < 4.78 is 4.93. The van der Waals surface area contributed by atoms with Gasteiger partial charge in [0.05, 0.1) is 13.2 Å². The van der Waals surface area contributed by atoms with E-state index in [4.69, 9.17) is 4.74 Å². The van der Waals surface area contributed by atoms with Crippen LogP contribution in [0.5, 0.6) is 0 Å². The van der Waals surface area contributed by atoms with E-state index < -0.39 is 0 Å². The number of methoxy groups -OCH3 is 1. The number of ether oxygens (including phenoxy) is 1. The van der Waals surface area contributed by atoms with Crippen molar-refractivity contribution in [2.24, 2.45) is 5.92 Å². The number of amides is 2. The first-order chi connectivity index (χ1) is 11.7. The van der Waals surface area contributed by atoms with Gasteiger partial charge in [-0.3, -0.25) is 9.59 Å². The Morgan fingerprint density at radius 2 is 2.08 bits per heavy atom. The average molecular weight is 390 g/mol. The first-order valence-corrected chi connectivity index (χ1v) is 9.36. The molecule has 1 aliphatic rings. The van der Waals surface area contributed by atoms with Gasteiger partial charge in [-0.2, -0.15) is 0 Å². The molecule has 1 saturated heterocycles. The molecule has 0 atom stereocenters. The van der Waals surface area contributed by atoms with Gasteiger partial charge in [0.1, 0.15) is 0 Å². The highest BCUT2D eigenvalue weighted by Crippen LogP contribution is 2.17. The van der Waals surface area contributed by atoms with E-state index in [0.717, 1.165) is 19.3 Å². The van der Waals surface area contributed by atoms with E-state index in [1.54, 1.807) is 18.4 Å². The van der Waals surface area contributed by atoms with Gasteiger partial charge in [0.2, 0.25) is 11.8 Å². The minimum absolute atomic E-state index is 0. The van der Waals surface area contributed by atoms with Crippen LogP contribution in [0.4, 0.5) is 0 Å². The second-order valence-electron chi connectivity index (χ2n) is 5.95. The van der Waals surface area contributed by atoms with Crippen molar-refractivity contribution in [1.29, 1.82) is 0 Å². The quantitative estimate of drug-likeness (QED) is 0.624. The highest BCUT2D eigenvalue weighted by atomic mass is 35.5. The molecule has 0 unspecified atom stereocenters. The largest absolute Gasteiger partial charge is 0.383 e. The minimum atomic E-state index is 0. The van der Waals surface area contributed by atoms with E-state index in [-0.39, 0.29) is 30.1 Å². The molecule has 2 N–H and O–H groups in total. The van der Waals surface area contributed by atoms with Crippen LogP contribution in [0.1, 0.15) is 17.7 Å². The molecule has 1 aliphatic heterocycles. The van der Waals surface area contributed by atoms with Gasteiger partial charge >= 0.3 is 0 Å². The molecule has 1 aromatic heterocycles. The van der Waals surface area contributed by atoms with Crippen LogP contribution in [0.25, 0.3) is 0 Å². The number of hydrogen-bond acceptors (Lipinski definition) is 5. The summed E-state index contributed by atoms with van der Waals surface area (Å²) in [5.74, 6) is 0.248. The molecule has 25 heavy (non-hydrogen) atoms. The average Bonchev–Trinajstić information content (AvgIpc) is 3.12. The Morgan fingerprint density at radius 1 is 1.32 bits per heavy atom. The fraction of sp³-hybridized carbons (Fsp3) is 0.647. The first kappa shape index (κ1) is 21.9. The molecule has 142 valence electrons. The summed E-state index contributed by atoms with van der Waals surface area (Å²) in [5.41, 5.74) is 0. The Bertz CT molecular complexity index is 505. The summed E-state index contributed by atoms with van der Waals surface area (Å²) in [6.45, 7) is 3.61. The van der Waals surface area contributed by atoms with Crippen LogP contribution in [0.3, 0.4) is 0 Å². The SMILES string of the molecule is COCCNCC(=O)N1CCC(C(=O)NCCc2cccs2)CC1.Cl. The molecule has 0 radical (unpaired) electrons. The minimum Gasteiger partial charge on any atom is -0.383 e. The van der Waals surface area contributed by atoms with Crippen LogP contribution < -0.4 is 10.6 Å². The Morgan fingerprint density at radius 3 is 2.72 bits per heavy atom. The fourth-order valence-corrected chi connectivity index (χ4v) is 3.49. The van der Waals surface area contributed by atoms with E-state index >= 15 is 0 Å². The topological polar surface area (TPSA) is 70.7 Å². The first-order valence-electron chi connectivity index (χ1n) is 8.48. The second-order valence-corrected chi connectivity index (χ2v) is 6.98. The summed E-state index contributed by atoms with van der Waals surface area (Å²) in [4.78, 5) is 27.4. The summed E-state index contributed by atoms with van der Waals surface area (Å²) in [6, 6.07) is 4.11. The van der Waals surface area contributed by atoms with Crippen molar-refractivity contribution in [3.05, 3.63) is 22.4 Å². The number of carbonyl (C=O) groups is 2. The van der Waals surface area contributed by atoms with Crippen molar-refractivity contribution in [1.82, 2.24) is 15.5 Å². The van der Waals surface area contributed by atoms with Gasteiger partial charge in [-0.15, -0.1) is 23.7 Å². The van der Waals surface area contributed by atoms with E-state index in [2.05, 4.69) is 16.7 Å². The van der Waals surface area contributed by atoms with E-state index in [0.29, 0.717) is 39.3 Å². The molecular weight excluding hydrogens is 362 g/mol. The standard InChI is InChI=1S/C17H27N3O3S.ClH/c1-23-11-8-18-13-16(21)20-9-5-14(6-10-20)17(22)19-7-4-15-3-2-12-24-15;/h2-3,12,14,18H,4-11,13H2,1H3,(H,19,22);1H. The van der Waals surface area contributed by atoms with Gasteiger partial charge in [0.15, 0.2) is 0 Å². The second kappa shape index (κ2) is 12.2. The van der Waals surface area contributed by atoms with Gasteiger partial charge in [-0.05, 0) is 30.7 Å². The van der Waals surface area contributed by atoms with Crippen LogP contribution in [0, 0.1) is 5.92 Å². The van der Waals surface area contributed by atoms with Gasteiger partial charge in [-0.1, -0.05) is 6.07 Å². The maximum atomic E-state index is 12.2. The van der Waals surface area contributed by atoms with E-state index in [1.807, 2.05) is 16.3 Å². The molecule has 0 bridgehead atoms. The van der Waals surface area contributed by atoms with Crippen molar-refractivity contribution in [3.8, 4) is 0 Å². The molecule has 0 aromatic carbocycles. The Labute approximate surface area is 159 Å². The molecular formula is C17H28ClN3O3S. The summed E-state index contributed by atoms with van der Waals surface area (Å²) in [5, 5.41) is 8.13. The lowest BCUT2D eigenvalue weighted by atomic mass is 9.96.